The van der Waals surface area contributed by atoms with Crippen molar-refractivity contribution in [3.63, 3.8) is 0 Å². The first-order valence-electron chi connectivity index (χ1n) is 5.07. The van der Waals surface area contributed by atoms with Crippen molar-refractivity contribution in [1.82, 2.24) is 4.90 Å². The highest BCUT2D eigenvalue weighted by Gasteiger charge is 2.14. The summed E-state index contributed by atoms with van der Waals surface area (Å²) in [5.41, 5.74) is 1.04. The second-order valence-electron chi connectivity index (χ2n) is 3.63. The van der Waals surface area contributed by atoms with Gasteiger partial charge in [-0.2, -0.15) is 0 Å². The summed E-state index contributed by atoms with van der Waals surface area (Å²) in [5, 5.41) is 4.09. The summed E-state index contributed by atoms with van der Waals surface area (Å²) >= 11 is 8.78. The molecule has 0 aliphatic carbocycles. The Balaban J connectivity index is 1.99. The maximum Gasteiger partial charge on any atom is 0.173 e. The van der Waals surface area contributed by atoms with Crippen molar-refractivity contribution in [2.24, 2.45) is 0 Å². The van der Waals surface area contributed by atoms with Crippen molar-refractivity contribution < 1.29 is 0 Å². The van der Waals surface area contributed by atoms with Gasteiger partial charge < -0.3 is 10.2 Å². The van der Waals surface area contributed by atoms with Gasteiger partial charge in [0.15, 0.2) is 5.11 Å². The van der Waals surface area contributed by atoms with Gasteiger partial charge in [0.25, 0.3) is 0 Å². The molecule has 0 aromatic heterocycles. The Morgan fingerprint density at radius 2 is 2.07 bits per heavy atom. The fraction of sp³-hybridized carbons (Fsp3) is 0.364. The first-order valence-corrected chi connectivity index (χ1v) is 6.27. The van der Waals surface area contributed by atoms with Crippen LogP contribution in [0.4, 0.5) is 5.69 Å². The van der Waals surface area contributed by atoms with Crippen LogP contribution < -0.4 is 5.32 Å². The predicted octanol–water partition coefficient (Wildman–Crippen LogP) is 3.24. The Kier molecular flexibility index (Phi) is 3.59. The number of nitrogens with zero attached hydrogens (tertiary/aromatic N) is 1. The predicted molar refractivity (Wildman–Crippen MR) is 71.2 cm³/mol. The monoisotopic (exact) mass is 284 g/mol. The van der Waals surface area contributed by atoms with Gasteiger partial charge in [0.1, 0.15) is 0 Å². The first kappa shape index (κ1) is 10.9. The lowest BCUT2D eigenvalue weighted by atomic mass is 10.3. The van der Waals surface area contributed by atoms with Crippen molar-refractivity contribution >= 4 is 38.9 Å². The average Bonchev–Trinajstić information content (AvgIpc) is 2.70. The third-order valence-corrected chi connectivity index (χ3v) is 3.32. The number of rotatable bonds is 1. The van der Waals surface area contributed by atoms with Crippen molar-refractivity contribution in [2.45, 2.75) is 12.8 Å². The molecule has 0 spiro atoms. The molecule has 1 aromatic rings. The number of hydrogen-bond acceptors (Lipinski definition) is 1. The van der Waals surface area contributed by atoms with E-state index in [2.05, 4.69) is 26.1 Å². The molecule has 2 rings (SSSR count). The Morgan fingerprint density at radius 3 is 2.73 bits per heavy atom. The topological polar surface area (TPSA) is 15.3 Å². The molecule has 1 fully saturated rings. The van der Waals surface area contributed by atoms with Crippen LogP contribution in [0.5, 0.6) is 0 Å². The standard InChI is InChI=1S/C11H13BrN2S/c12-9-4-3-5-10(8-9)13-11(15)14-6-1-2-7-14/h3-5,8H,1-2,6-7H2,(H,13,15). The Morgan fingerprint density at radius 1 is 1.33 bits per heavy atom. The van der Waals surface area contributed by atoms with Crippen LogP contribution in [0.2, 0.25) is 0 Å². The average molecular weight is 285 g/mol. The normalized spacial score (nSPS) is 15.4. The summed E-state index contributed by atoms with van der Waals surface area (Å²) in [6.45, 7) is 2.17. The van der Waals surface area contributed by atoms with Crippen molar-refractivity contribution in [1.29, 1.82) is 0 Å². The molecule has 1 aliphatic rings. The van der Waals surface area contributed by atoms with Gasteiger partial charge in [-0.1, -0.05) is 22.0 Å². The quantitative estimate of drug-likeness (QED) is 0.797. The molecule has 0 saturated carbocycles. The van der Waals surface area contributed by atoms with Gasteiger partial charge in [0, 0.05) is 23.2 Å². The van der Waals surface area contributed by atoms with Gasteiger partial charge in [-0.15, -0.1) is 0 Å². The molecule has 15 heavy (non-hydrogen) atoms. The lowest BCUT2D eigenvalue weighted by Gasteiger charge is -2.19. The third-order valence-electron chi connectivity index (χ3n) is 2.47. The molecule has 1 saturated heterocycles. The zero-order chi connectivity index (χ0) is 10.7. The number of likely N-dealkylation sites (tertiary alicyclic amines) is 1. The molecular weight excluding hydrogens is 272 g/mol. The highest BCUT2D eigenvalue weighted by Crippen LogP contribution is 2.17. The van der Waals surface area contributed by atoms with Crippen molar-refractivity contribution in [3.05, 3.63) is 28.7 Å². The van der Waals surface area contributed by atoms with Gasteiger partial charge in [0.05, 0.1) is 0 Å². The van der Waals surface area contributed by atoms with Crippen LogP contribution in [0.3, 0.4) is 0 Å². The summed E-state index contributed by atoms with van der Waals surface area (Å²) in [4.78, 5) is 2.22. The number of hydrogen-bond donors (Lipinski definition) is 1. The van der Waals surface area contributed by atoms with Gasteiger partial charge in [-0.3, -0.25) is 0 Å². The van der Waals surface area contributed by atoms with E-state index in [0.29, 0.717) is 0 Å². The second-order valence-corrected chi connectivity index (χ2v) is 4.94. The van der Waals surface area contributed by atoms with E-state index >= 15 is 0 Å². The third kappa shape index (κ3) is 2.92. The van der Waals surface area contributed by atoms with E-state index in [9.17, 15) is 0 Å². The van der Waals surface area contributed by atoms with Gasteiger partial charge >= 0.3 is 0 Å². The SMILES string of the molecule is S=C(Nc1cccc(Br)c1)N1CCCC1. The molecule has 0 radical (unpaired) electrons. The van der Waals surface area contributed by atoms with E-state index < -0.39 is 0 Å². The van der Waals surface area contributed by atoms with Crippen LogP contribution >= 0.6 is 28.1 Å². The molecule has 2 nitrogen and oxygen atoms in total. The zero-order valence-corrected chi connectivity index (χ0v) is 10.8. The second kappa shape index (κ2) is 4.94. The highest BCUT2D eigenvalue weighted by atomic mass is 79.9. The van der Waals surface area contributed by atoms with Crippen LogP contribution in [0, 0.1) is 0 Å². The minimum absolute atomic E-state index is 0.839. The van der Waals surface area contributed by atoms with Gasteiger partial charge in [0.2, 0.25) is 0 Å². The van der Waals surface area contributed by atoms with E-state index in [4.69, 9.17) is 12.2 Å². The molecular formula is C11H13BrN2S. The summed E-state index contributed by atoms with van der Waals surface area (Å²) in [5.74, 6) is 0. The lowest BCUT2D eigenvalue weighted by molar-refractivity contribution is 0.528. The van der Waals surface area contributed by atoms with Crippen LogP contribution in [-0.4, -0.2) is 23.1 Å². The number of benzene rings is 1. The largest absolute Gasteiger partial charge is 0.349 e. The molecule has 1 aliphatic heterocycles. The molecule has 0 atom stereocenters. The van der Waals surface area contributed by atoms with Crippen molar-refractivity contribution in [3.8, 4) is 0 Å². The maximum atomic E-state index is 5.34. The summed E-state index contributed by atoms with van der Waals surface area (Å²) < 4.78 is 1.07. The molecule has 0 unspecified atom stereocenters. The minimum atomic E-state index is 0.839. The van der Waals surface area contributed by atoms with Gasteiger partial charge in [-0.05, 0) is 43.3 Å². The zero-order valence-electron chi connectivity index (χ0n) is 8.37. The highest BCUT2D eigenvalue weighted by molar-refractivity contribution is 9.10. The van der Waals surface area contributed by atoms with Crippen LogP contribution in [-0.2, 0) is 0 Å². The molecule has 4 heteroatoms. The number of nitrogens with one attached hydrogen (secondary N) is 1. The van der Waals surface area contributed by atoms with E-state index in [0.717, 1.165) is 28.4 Å². The number of halogens is 1. The van der Waals surface area contributed by atoms with E-state index in [1.165, 1.54) is 12.8 Å². The van der Waals surface area contributed by atoms with E-state index in [-0.39, 0.29) is 0 Å². The molecule has 0 bridgehead atoms. The van der Waals surface area contributed by atoms with E-state index in [1.54, 1.807) is 0 Å². The minimum Gasteiger partial charge on any atom is -0.349 e. The molecule has 0 amide bonds. The summed E-state index contributed by atoms with van der Waals surface area (Å²) in [6, 6.07) is 8.05. The fourth-order valence-corrected chi connectivity index (χ4v) is 2.39. The molecule has 1 heterocycles. The smallest absolute Gasteiger partial charge is 0.173 e. The molecule has 80 valence electrons. The maximum absolute atomic E-state index is 5.34. The Bertz CT molecular complexity index is 361. The number of thiocarbonyl (C=S) groups is 1. The number of anilines is 1. The Labute approximate surface area is 104 Å². The van der Waals surface area contributed by atoms with Crippen LogP contribution in [0.15, 0.2) is 28.7 Å². The van der Waals surface area contributed by atoms with Crippen molar-refractivity contribution in [2.75, 3.05) is 18.4 Å². The Hall–Kier alpha value is -0.610. The summed E-state index contributed by atoms with van der Waals surface area (Å²) in [7, 11) is 0. The summed E-state index contributed by atoms with van der Waals surface area (Å²) in [6.07, 6.45) is 2.50. The van der Waals surface area contributed by atoms with Crippen LogP contribution in [0.25, 0.3) is 0 Å². The molecule has 1 aromatic carbocycles. The van der Waals surface area contributed by atoms with Gasteiger partial charge in [-0.25, -0.2) is 0 Å². The van der Waals surface area contributed by atoms with Crippen LogP contribution in [0.1, 0.15) is 12.8 Å². The van der Waals surface area contributed by atoms with E-state index in [1.807, 2.05) is 24.3 Å². The lowest BCUT2D eigenvalue weighted by Crippen LogP contribution is -2.31. The molecule has 1 N–H and O–H groups in total. The first-order chi connectivity index (χ1) is 7.25. The fourth-order valence-electron chi connectivity index (χ4n) is 1.69.